The van der Waals surface area contributed by atoms with Gasteiger partial charge < -0.3 is 10.1 Å². The molecule has 2 aromatic carbocycles. The van der Waals surface area contributed by atoms with Crippen LogP contribution in [0.2, 0.25) is 5.02 Å². The minimum Gasteiger partial charge on any atom is -0.496 e. The zero-order valence-electron chi connectivity index (χ0n) is 10.8. The van der Waals surface area contributed by atoms with Crippen LogP contribution in [0.15, 0.2) is 42.5 Å². The van der Waals surface area contributed by atoms with Crippen LogP contribution in [0.5, 0.6) is 5.75 Å². The number of hydrogen-bond donors (Lipinski definition) is 1. The van der Waals surface area contributed by atoms with Gasteiger partial charge in [0.1, 0.15) is 5.75 Å². The minimum atomic E-state index is 0.151. The lowest BCUT2D eigenvalue weighted by Gasteiger charge is -2.28. The first kappa shape index (κ1) is 12.5. The third kappa shape index (κ3) is 2.34. The van der Waals surface area contributed by atoms with Crippen molar-refractivity contribution in [1.29, 1.82) is 0 Å². The smallest absolute Gasteiger partial charge is 0.124 e. The summed E-state index contributed by atoms with van der Waals surface area (Å²) >= 11 is 6.14. The lowest BCUT2D eigenvalue weighted by atomic mass is 9.89. The largest absolute Gasteiger partial charge is 0.496 e. The van der Waals surface area contributed by atoms with Gasteiger partial charge in [0.25, 0.3) is 0 Å². The van der Waals surface area contributed by atoms with Gasteiger partial charge in [-0.1, -0.05) is 35.9 Å². The van der Waals surface area contributed by atoms with Crippen LogP contribution in [-0.2, 0) is 6.42 Å². The van der Waals surface area contributed by atoms with Crippen LogP contribution in [0.1, 0.15) is 22.7 Å². The summed E-state index contributed by atoms with van der Waals surface area (Å²) < 4.78 is 5.47. The van der Waals surface area contributed by atoms with Crippen molar-refractivity contribution in [3.8, 4) is 5.75 Å². The van der Waals surface area contributed by atoms with Crippen LogP contribution in [0, 0.1) is 0 Å². The minimum absolute atomic E-state index is 0.151. The Morgan fingerprint density at radius 3 is 2.84 bits per heavy atom. The number of ether oxygens (including phenoxy) is 1. The van der Waals surface area contributed by atoms with E-state index in [4.69, 9.17) is 16.3 Å². The molecule has 2 aromatic rings. The molecule has 0 bridgehead atoms. The van der Waals surface area contributed by atoms with Crippen LogP contribution in [0.4, 0.5) is 0 Å². The van der Waals surface area contributed by atoms with Gasteiger partial charge in [-0.15, -0.1) is 0 Å². The molecule has 0 saturated heterocycles. The number of benzene rings is 2. The first-order valence-electron chi connectivity index (χ1n) is 6.44. The molecule has 3 rings (SSSR count). The SMILES string of the molecule is COc1ccc(Cl)cc1C1NCCc2ccccc21. The predicted octanol–water partition coefficient (Wildman–Crippen LogP) is 3.58. The highest BCUT2D eigenvalue weighted by molar-refractivity contribution is 6.30. The second kappa shape index (κ2) is 5.24. The summed E-state index contributed by atoms with van der Waals surface area (Å²) in [5.41, 5.74) is 3.81. The van der Waals surface area contributed by atoms with Crippen LogP contribution in [-0.4, -0.2) is 13.7 Å². The van der Waals surface area contributed by atoms with E-state index < -0.39 is 0 Å². The van der Waals surface area contributed by atoms with Crippen LogP contribution in [0.3, 0.4) is 0 Å². The number of halogens is 1. The lowest BCUT2D eigenvalue weighted by Crippen LogP contribution is -2.30. The van der Waals surface area contributed by atoms with Gasteiger partial charge in [-0.2, -0.15) is 0 Å². The maximum absolute atomic E-state index is 6.14. The molecule has 0 aromatic heterocycles. The zero-order chi connectivity index (χ0) is 13.2. The van der Waals surface area contributed by atoms with Crippen molar-refractivity contribution >= 4 is 11.6 Å². The molecule has 1 N–H and O–H groups in total. The summed E-state index contributed by atoms with van der Waals surface area (Å²) in [4.78, 5) is 0. The van der Waals surface area contributed by atoms with Crippen molar-refractivity contribution < 1.29 is 4.74 Å². The Bertz CT molecular complexity index is 597. The molecule has 1 aliphatic heterocycles. The fraction of sp³-hybridized carbons (Fsp3) is 0.250. The third-order valence-corrected chi connectivity index (χ3v) is 3.85. The molecule has 19 heavy (non-hydrogen) atoms. The third-order valence-electron chi connectivity index (χ3n) is 3.61. The topological polar surface area (TPSA) is 21.3 Å². The molecular formula is C16H16ClNO. The highest BCUT2D eigenvalue weighted by Gasteiger charge is 2.23. The van der Waals surface area contributed by atoms with E-state index in [1.165, 1.54) is 11.1 Å². The number of fused-ring (bicyclic) bond motifs is 1. The Kier molecular flexibility index (Phi) is 3.45. The van der Waals surface area contributed by atoms with E-state index >= 15 is 0 Å². The van der Waals surface area contributed by atoms with Crippen molar-refractivity contribution in [3.63, 3.8) is 0 Å². The van der Waals surface area contributed by atoms with Gasteiger partial charge in [0.15, 0.2) is 0 Å². The molecule has 0 aliphatic carbocycles. The monoisotopic (exact) mass is 273 g/mol. The van der Waals surface area contributed by atoms with Crippen molar-refractivity contribution in [1.82, 2.24) is 5.32 Å². The Balaban J connectivity index is 2.11. The van der Waals surface area contributed by atoms with Crippen molar-refractivity contribution in [2.75, 3.05) is 13.7 Å². The second-order valence-electron chi connectivity index (χ2n) is 4.72. The zero-order valence-corrected chi connectivity index (χ0v) is 11.6. The maximum Gasteiger partial charge on any atom is 0.124 e. The molecule has 98 valence electrons. The quantitative estimate of drug-likeness (QED) is 0.903. The normalized spacial score (nSPS) is 17.9. The Morgan fingerprint density at radius 1 is 1.16 bits per heavy atom. The highest BCUT2D eigenvalue weighted by Crippen LogP contribution is 2.35. The summed E-state index contributed by atoms with van der Waals surface area (Å²) in [6.45, 7) is 0.970. The first-order chi connectivity index (χ1) is 9.29. The summed E-state index contributed by atoms with van der Waals surface area (Å²) in [5, 5.41) is 4.29. The average Bonchev–Trinajstić information content (AvgIpc) is 2.46. The van der Waals surface area contributed by atoms with Gasteiger partial charge in [-0.3, -0.25) is 0 Å². The van der Waals surface area contributed by atoms with E-state index in [0.29, 0.717) is 0 Å². The van der Waals surface area contributed by atoms with Crippen LogP contribution < -0.4 is 10.1 Å². The number of hydrogen-bond acceptors (Lipinski definition) is 2. The van der Waals surface area contributed by atoms with E-state index in [2.05, 4.69) is 29.6 Å². The Labute approximate surface area is 118 Å². The van der Waals surface area contributed by atoms with E-state index in [9.17, 15) is 0 Å². The molecule has 1 atom stereocenters. The molecule has 3 heteroatoms. The molecule has 0 fully saturated rings. The molecule has 0 amide bonds. The Morgan fingerprint density at radius 2 is 2.00 bits per heavy atom. The van der Waals surface area contributed by atoms with Gasteiger partial charge in [0.05, 0.1) is 13.2 Å². The van der Waals surface area contributed by atoms with Gasteiger partial charge in [-0.25, -0.2) is 0 Å². The van der Waals surface area contributed by atoms with Crippen molar-refractivity contribution in [2.24, 2.45) is 0 Å². The second-order valence-corrected chi connectivity index (χ2v) is 5.16. The van der Waals surface area contributed by atoms with E-state index in [1.807, 2.05) is 18.2 Å². The molecule has 0 radical (unpaired) electrons. The summed E-state index contributed by atoms with van der Waals surface area (Å²) in [5.74, 6) is 0.874. The summed E-state index contributed by atoms with van der Waals surface area (Å²) in [6.07, 6.45) is 1.07. The number of methoxy groups -OCH3 is 1. The summed E-state index contributed by atoms with van der Waals surface area (Å²) in [7, 11) is 1.70. The van der Waals surface area contributed by atoms with Gasteiger partial charge in [0, 0.05) is 17.1 Å². The molecule has 2 nitrogen and oxygen atoms in total. The first-order valence-corrected chi connectivity index (χ1v) is 6.82. The van der Waals surface area contributed by atoms with Crippen LogP contribution in [0.25, 0.3) is 0 Å². The predicted molar refractivity (Wildman–Crippen MR) is 78.0 cm³/mol. The molecule has 0 spiro atoms. The van der Waals surface area contributed by atoms with Gasteiger partial charge in [0.2, 0.25) is 0 Å². The fourth-order valence-electron chi connectivity index (χ4n) is 2.71. The van der Waals surface area contributed by atoms with E-state index in [1.54, 1.807) is 7.11 Å². The average molecular weight is 274 g/mol. The number of rotatable bonds is 2. The molecule has 0 saturated carbocycles. The highest BCUT2D eigenvalue weighted by atomic mass is 35.5. The van der Waals surface area contributed by atoms with E-state index in [-0.39, 0.29) is 6.04 Å². The van der Waals surface area contributed by atoms with Gasteiger partial charge in [-0.05, 0) is 35.7 Å². The molecule has 1 aliphatic rings. The van der Waals surface area contributed by atoms with Crippen molar-refractivity contribution in [3.05, 3.63) is 64.2 Å². The van der Waals surface area contributed by atoms with E-state index in [0.717, 1.165) is 29.3 Å². The number of nitrogens with one attached hydrogen (secondary N) is 1. The summed E-state index contributed by atoms with van der Waals surface area (Å²) in [6, 6.07) is 14.5. The molecular weight excluding hydrogens is 258 g/mol. The Hall–Kier alpha value is -1.51. The maximum atomic E-state index is 6.14. The lowest BCUT2D eigenvalue weighted by molar-refractivity contribution is 0.402. The molecule has 1 unspecified atom stereocenters. The van der Waals surface area contributed by atoms with Crippen molar-refractivity contribution in [2.45, 2.75) is 12.5 Å². The molecule has 1 heterocycles. The fourth-order valence-corrected chi connectivity index (χ4v) is 2.89. The van der Waals surface area contributed by atoms with Crippen LogP contribution >= 0.6 is 11.6 Å². The standard InChI is InChI=1S/C16H16ClNO/c1-19-15-7-6-12(17)10-14(15)16-13-5-3-2-4-11(13)8-9-18-16/h2-7,10,16,18H,8-9H2,1H3. The van der Waals surface area contributed by atoms with Gasteiger partial charge >= 0.3 is 0 Å².